The molecule has 10 heteroatoms. The number of piperidine rings is 1. The first-order chi connectivity index (χ1) is 15.7. The fraction of sp³-hybridized carbons (Fsp3) is 0.391. The zero-order valence-corrected chi connectivity index (χ0v) is 18.5. The molecule has 1 fully saturated rings. The van der Waals surface area contributed by atoms with Crippen molar-refractivity contribution in [3.63, 3.8) is 0 Å². The van der Waals surface area contributed by atoms with E-state index in [-0.39, 0.29) is 29.7 Å². The second-order valence-corrected chi connectivity index (χ2v) is 8.49. The minimum atomic E-state index is -4.56. The van der Waals surface area contributed by atoms with Crippen molar-refractivity contribution in [1.29, 1.82) is 0 Å². The lowest BCUT2D eigenvalue weighted by atomic mass is 10.1. The Morgan fingerprint density at radius 1 is 1.09 bits per heavy atom. The van der Waals surface area contributed by atoms with Gasteiger partial charge in [-0.3, -0.25) is 9.59 Å². The summed E-state index contributed by atoms with van der Waals surface area (Å²) < 4.78 is 45.0. The van der Waals surface area contributed by atoms with Crippen LogP contribution < -0.4 is 15.0 Å². The number of carbonyl (C=O) groups is 2. The molecule has 2 aliphatic heterocycles. The second kappa shape index (κ2) is 9.51. The summed E-state index contributed by atoms with van der Waals surface area (Å²) in [7, 11) is 0. The van der Waals surface area contributed by atoms with Crippen LogP contribution in [0.3, 0.4) is 0 Å². The summed E-state index contributed by atoms with van der Waals surface area (Å²) in [6.45, 7) is 1.32. The van der Waals surface area contributed by atoms with Gasteiger partial charge in [-0.25, -0.2) is 0 Å². The Balaban J connectivity index is 1.50. The third kappa shape index (κ3) is 5.35. The fourth-order valence-electron chi connectivity index (χ4n) is 4.06. The van der Waals surface area contributed by atoms with Crippen LogP contribution in [0.4, 0.5) is 24.5 Å². The molecule has 0 aromatic heterocycles. The first kappa shape index (κ1) is 23.2. The van der Waals surface area contributed by atoms with E-state index in [0.29, 0.717) is 24.5 Å². The summed E-state index contributed by atoms with van der Waals surface area (Å²) in [4.78, 5) is 29.2. The number of carbonyl (C=O) groups excluding carboxylic acids is 2. The number of amides is 2. The largest absolute Gasteiger partial charge is 0.477 e. The molecule has 1 saturated heterocycles. The monoisotopic (exact) mass is 481 g/mol. The molecule has 2 aliphatic rings. The first-order valence-corrected chi connectivity index (χ1v) is 11.1. The van der Waals surface area contributed by atoms with Gasteiger partial charge in [0.05, 0.1) is 35.1 Å². The molecule has 33 heavy (non-hydrogen) atoms. The minimum absolute atomic E-state index is 0.00289. The number of rotatable bonds is 4. The summed E-state index contributed by atoms with van der Waals surface area (Å²) >= 11 is 6.00. The summed E-state index contributed by atoms with van der Waals surface area (Å²) in [5.74, 6) is -0.211. The predicted molar refractivity (Wildman–Crippen MR) is 119 cm³/mol. The summed E-state index contributed by atoms with van der Waals surface area (Å²) in [5, 5.41) is 2.46. The maximum Gasteiger partial charge on any atom is 0.416 e. The Morgan fingerprint density at radius 3 is 2.55 bits per heavy atom. The smallest absolute Gasteiger partial charge is 0.416 e. The molecular formula is C23H23ClF3N3O3. The quantitative estimate of drug-likeness (QED) is 0.694. The van der Waals surface area contributed by atoms with Crippen LogP contribution in [0.5, 0.6) is 5.75 Å². The van der Waals surface area contributed by atoms with E-state index in [1.54, 1.807) is 34.1 Å². The van der Waals surface area contributed by atoms with E-state index in [4.69, 9.17) is 16.3 Å². The van der Waals surface area contributed by atoms with Gasteiger partial charge >= 0.3 is 6.18 Å². The molecule has 0 bridgehead atoms. The second-order valence-electron chi connectivity index (χ2n) is 8.08. The number of hydrogen-bond acceptors (Lipinski definition) is 4. The van der Waals surface area contributed by atoms with E-state index < -0.39 is 23.8 Å². The normalized spacial score (nSPS) is 18.4. The van der Waals surface area contributed by atoms with Crippen LogP contribution in [-0.4, -0.2) is 49.0 Å². The number of para-hydroxylation sites is 2. The number of nitrogens with one attached hydrogen (secondary N) is 1. The van der Waals surface area contributed by atoms with Gasteiger partial charge in [0, 0.05) is 13.1 Å². The summed E-state index contributed by atoms with van der Waals surface area (Å²) in [6.07, 6.45) is -2.36. The molecule has 2 aromatic rings. The van der Waals surface area contributed by atoms with E-state index in [2.05, 4.69) is 5.32 Å². The van der Waals surface area contributed by atoms with E-state index in [9.17, 15) is 22.8 Å². The zero-order valence-electron chi connectivity index (χ0n) is 17.7. The molecule has 2 amide bonds. The van der Waals surface area contributed by atoms with Crippen LogP contribution in [0.25, 0.3) is 0 Å². The van der Waals surface area contributed by atoms with Gasteiger partial charge in [-0.05, 0) is 49.6 Å². The predicted octanol–water partition coefficient (Wildman–Crippen LogP) is 4.58. The topological polar surface area (TPSA) is 61.9 Å². The maximum absolute atomic E-state index is 13.0. The first-order valence-electron chi connectivity index (χ1n) is 10.7. The van der Waals surface area contributed by atoms with Crippen molar-refractivity contribution in [1.82, 2.24) is 4.90 Å². The van der Waals surface area contributed by atoms with Crippen LogP contribution in [-0.2, 0) is 15.8 Å². The van der Waals surface area contributed by atoms with Crippen molar-refractivity contribution < 1.29 is 27.5 Å². The average Bonchev–Trinajstić information content (AvgIpc) is 2.79. The van der Waals surface area contributed by atoms with Gasteiger partial charge in [0.1, 0.15) is 5.75 Å². The number of alkyl halides is 3. The van der Waals surface area contributed by atoms with Crippen molar-refractivity contribution in [3.8, 4) is 5.75 Å². The molecule has 0 saturated carbocycles. The lowest BCUT2D eigenvalue weighted by Crippen LogP contribution is -2.52. The molecule has 2 heterocycles. The van der Waals surface area contributed by atoms with Crippen molar-refractivity contribution >= 4 is 34.8 Å². The molecule has 176 valence electrons. The van der Waals surface area contributed by atoms with Gasteiger partial charge in [0.25, 0.3) is 5.91 Å². The van der Waals surface area contributed by atoms with Crippen molar-refractivity contribution in [2.75, 3.05) is 36.4 Å². The lowest BCUT2D eigenvalue weighted by Gasteiger charge is -2.38. The number of benzene rings is 2. The van der Waals surface area contributed by atoms with E-state index >= 15 is 0 Å². The van der Waals surface area contributed by atoms with Crippen molar-refractivity contribution in [2.24, 2.45) is 0 Å². The Morgan fingerprint density at radius 2 is 1.82 bits per heavy atom. The average molecular weight is 482 g/mol. The highest BCUT2D eigenvalue weighted by atomic mass is 35.5. The Labute approximate surface area is 194 Å². The SMILES string of the molecule is O=C(CN1C[C@H](C(=O)N2CCCCC2)Oc2ccccc21)Nc1cc(C(F)(F)F)ccc1Cl. The molecule has 1 atom stereocenters. The molecule has 0 spiro atoms. The van der Waals surface area contributed by atoms with Crippen LogP contribution >= 0.6 is 11.6 Å². The molecule has 1 N–H and O–H groups in total. The summed E-state index contributed by atoms with van der Waals surface area (Å²) in [5.41, 5.74) is -0.407. The zero-order chi connectivity index (χ0) is 23.6. The molecule has 0 aliphatic carbocycles. The number of ether oxygens (including phenoxy) is 1. The number of nitrogens with zero attached hydrogens (tertiary/aromatic N) is 2. The number of likely N-dealkylation sites (tertiary alicyclic amines) is 1. The van der Waals surface area contributed by atoms with Gasteiger partial charge in [-0.15, -0.1) is 0 Å². The van der Waals surface area contributed by atoms with Gasteiger partial charge in [-0.1, -0.05) is 23.7 Å². The minimum Gasteiger partial charge on any atom is -0.477 e. The number of halogens is 4. The highest BCUT2D eigenvalue weighted by molar-refractivity contribution is 6.33. The lowest BCUT2D eigenvalue weighted by molar-refractivity contribution is -0.139. The molecule has 4 rings (SSSR count). The van der Waals surface area contributed by atoms with Crippen LogP contribution in [0, 0.1) is 0 Å². The third-order valence-electron chi connectivity index (χ3n) is 5.71. The molecule has 2 aromatic carbocycles. The molecule has 0 unspecified atom stereocenters. The molecule has 6 nitrogen and oxygen atoms in total. The highest BCUT2D eigenvalue weighted by Gasteiger charge is 2.35. The van der Waals surface area contributed by atoms with E-state index in [0.717, 1.165) is 37.5 Å². The van der Waals surface area contributed by atoms with Crippen LogP contribution in [0.2, 0.25) is 5.02 Å². The van der Waals surface area contributed by atoms with E-state index in [1.165, 1.54) is 0 Å². The standard InChI is InChI=1S/C23H23ClF3N3O3/c24-16-9-8-15(23(25,26)27)12-17(16)28-21(31)14-30-13-20(22(32)29-10-4-1-5-11-29)33-19-7-3-2-6-18(19)30/h2-3,6-9,12,20H,1,4-5,10-11,13-14H2,(H,28,31)/t20-/m1/s1. The summed E-state index contributed by atoms with van der Waals surface area (Å²) in [6, 6.07) is 9.79. The highest BCUT2D eigenvalue weighted by Crippen LogP contribution is 2.35. The van der Waals surface area contributed by atoms with Gasteiger partial charge in [0.15, 0.2) is 6.10 Å². The number of fused-ring (bicyclic) bond motifs is 1. The van der Waals surface area contributed by atoms with Crippen molar-refractivity contribution in [2.45, 2.75) is 31.5 Å². The number of hydrogen-bond donors (Lipinski definition) is 1. The van der Waals surface area contributed by atoms with Crippen LogP contribution in [0.1, 0.15) is 24.8 Å². The van der Waals surface area contributed by atoms with Gasteiger partial charge < -0.3 is 19.9 Å². The molecular weight excluding hydrogens is 459 g/mol. The maximum atomic E-state index is 13.0. The Kier molecular flexibility index (Phi) is 6.69. The Bertz CT molecular complexity index is 1040. The third-order valence-corrected chi connectivity index (χ3v) is 6.04. The number of anilines is 2. The van der Waals surface area contributed by atoms with E-state index in [1.807, 2.05) is 0 Å². The fourth-order valence-corrected chi connectivity index (χ4v) is 4.23. The van der Waals surface area contributed by atoms with Gasteiger partial charge in [0.2, 0.25) is 5.91 Å². The van der Waals surface area contributed by atoms with Crippen molar-refractivity contribution in [3.05, 3.63) is 53.1 Å². The van der Waals surface area contributed by atoms with Gasteiger partial charge in [-0.2, -0.15) is 13.2 Å². The Hall–Kier alpha value is -2.94. The van der Waals surface area contributed by atoms with Crippen LogP contribution in [0.15, 0.2) is 42.5 Å². The molecule has 0 radical (unpaired) electrons.